The zero-order chi connectivity index (χ0) is 12.8. The second-order valence-electron chi connectivity index (χ2n) is 3.20. The first-order valence-electron chi connectivity index (χ1n) is 4.90. The lowest BCUT2D eigenvalue weighted by molar-refractivity contribution is -0.0523. The van der Waals surface area contributed by atoms with E-state index >= 15 is 0 Å². The lowest BCUT2D eigenvalue weighted by Crippen LogP contribution is -2.25. The summed E-state index contributed by atoms with van der Waals surface area (Å²) in [5.74, 6) is -0.161. The molecule has 0 heterocycles. The normalized spacial score (nSPS) is 13.9. The van der Waals surface area contributed by atoms with Crippen LogP contribution >= 0.6 is 0 Å². The highest BCUT2D eigenvalue weighted by Gasteiger charge is 2.48. The number of allylic oxidation sites excluding steroid dienone is 2. The lowest BCUT2D eigenvalue weighted by atomic mass is 10.2. The van der Waals surface area contributed by atoms with Crippen molar-refractivity contribution in [2.45, 2.75) is 45.0 Å². The highest BCUT2D eigenvalue weighted by Crippen LogP contribution is 2.27. The SMILES string of the molecule is CC=C(CCCCC)OS(=O)(=O)C(F)(F)F. The summed E-state index contributed by atoms with van der Waals surface area (Å²) in [6.45, 7) is 3.37. The average molecular weight is 260 g/mol. The van der Waals surface area contributed by atoms with Gasteiger partial charge in [0, 0.05) is 6.42 Å². The number of hydrogen-bond donors (Lipinski definition) is 0. The Kier molecular flexibility index (Phi) is 5.85. The maximum Gasteiger partial charge on any atom is 0.534 e. The fraction of sp³-hybridized carbons (Fsp3) is 0.778. The van der Waals surface area contributed by atoms with Crippen molar-refractivity contribution in [2.75, 3.05) is 0 Å². The Morgan fingerprint density at radius 3 is 2.25 bits per heavy atom. The molecule has 0 aliphatic rings. The Hall–Kier alpha value is -0.720. The Labute approximate surface area is 93.4 Å². The van der Waals surface area contributed by atoms with Crippen molar-refractivity contribution < 1.29 is 25.8 Å². The summed E-state index contributed by atoms with van der Waals surface area (Å²) >= 11 is 0. The molecule has 7 heteroatoms. The summed E-state index contributed by atoms with van der Waals surface area (Å²) in [5.41, 5.74) is -5.37. The van der Waals surface area contributed by atoms with Crippen LogP contribution in [0.25, 0.3) is 0 Å². The summed E-state index contributed by atoms with van der Waals surface area (Å²) in [4.78, 5) is 0. The third kappa shape index (κ3) is 4.87. The summed E-state index contributed by atoms with van der Waals surface area (Å²) < 4.78 is 61.3. The summed E-state index contributed by atoms with van der Waals surface area (Å²) in [7, 11) is -5.51. The maximum atomic E-state index is 12.0. The molecule has 0 spiro atoms. The fourth-order valence-corrected chi connectivity index (χ4v) is 1.53. The van der Waals surface area contributed by atoms with Gasteiger partial charge in [-0.3, -0.25) is 0 Å². The molecule has 0 fully saturated rings. The zero-order valence-corrected chi connectivity index (χ0v) is 9.99. The number of hydrogen-bond acceptors (Lipinski definition) is 3. The summed E-state index contributed by atoms with van der Waals surface area (Å²) in [6.07, 6.45) is 3.73. The van der Waals surface area contributed by atoms with Gasteiger partial charge in [-0.1, -0.05) is 19.8 Å². The Morgan fingerprint density at radius 1 is 1.31 bits per heavy atom. The van der Waals surface area contributed by atoms with E-state index < -0.39 is 15.6 Å². The minimum absolute atomic E-state index is 0.161. The second kappa shape index (κ2) is 6.12. The van der Waals surface area contributed by atoms with Gasteiger partial charge < -0.3 is 4.18 Å². The van der Waals surface area contributed by atoms with Crippen molar-refractivity contribution in [3.8, 4) is 0 Å². The standard InChI is InChI=1S/C9H15F3O3S/c1-3-5-6-7-8(4-2)15-16(13,14)9(10,11)12/h4H,3,5-7H2,1-2H3. The largest absolute Gasteiger partial charge is 0.534 e. The summed E-state index contributed by atoms with van der Waals surface area (Å²) in [6, 6.07) is 0. The van der Waals surface area contributed by atoms with E-state index in [2.05, 4.69) is 4.18 Å². The van der Waals surface area contributed by atoms with Gasteiger partial charge in [-0.05, 0) is 19.4 Å². The molecule has 0 atom stereocenters. The van der Waals surface area contributed by atoms with Crippen LogP contribution in [0.2, 0.25) is 0 Å². The van der Waals surface area contributed by atoms with E-state index in [-0.39, 0.29) is 12.2 Å². The topological polar surface area (TPSA) is 43.4 Å². The monoisotopic (exact) mass is 260 g/mol. The van der Waals surface area contributed by atoms with Crippen molar-refractivity contribution in [3.05, 3.63) is 11.8 Å². The van der Waals surface area contributed by atoms with Gasteiger partial charge in [0.2, 0.25) is 0 Å². The molecule has 0 rings (SSSR count). The van der Waals surface area contributed by atoms with Crippen LogP contribution in [0.4, 0.5) is 13.2 Å². The molecule has 0 saturated heterocycles. The molecule has 0 N–H and O–H groups in total. The second-order valence-corrected chi connectivity index (χ2v) is 4.73. The highest BCUT2D eigenvalue weighted by molar-refractivity contribution is 7.87. The quantitative estimate of drug-likeness (QED) is 0.318. The maximum absolute atomic E-state index is 12.0. The molecule has 0 bridgehead atoms. The summed E-state index contributed by atoms with van der Waals surface area (Å²) in [5, 5.41) is 0. The van der Waals surface area contributed by atoms with Crippen LogP contribution in [0.5, 0.6) is 0 Å². The third-order valence-electron chi connectivity index (χ3n) is 1.85. The predicted molar refractivity (Wildman–Crippen MR) is 54.0 cm³/mol. The van der Waals surface area contributed by atoms with Crippen LogP contribution in [0, 0.1) is 0 Å². The van der Waals surface area contributed by atoms with Gasteiger partial charge in [0.15, 0.2) is 0 Å². The first-order valence-corrected chi connectivity index (χ1v) is 6.31. The molecule has 0 saturated carbocycles. The Morgan fingerprint density at radius 2 is 1.88 bits per heavy atom. The third-order valence-corrected chi connectivity index (χ3v) is 2.85. The number of alkyl halides is 3. The Balaban J connectivity index is 4.46. The van der Waals surface area contributed by atoms with Crippen LogP contribution in [0.1, 0.15) is 39.5 Å². The van der Waals surface area contributed by atoms with Gasteiger partial charge in [-0.15, -0.1) is 0 Å². The predicted octanol–water partition coefficient (Wildman–Crippen LogP) is 3.34. The van der Waals surface area contributed by atoms with Crippen molar-refractivity contribution >= 4 is 10.1 Å². The van der Waals surface area contributed by atoms with Gasteiger partial charge in [-0.25, -0.2) is 0 Å². The van der Waals surface area contributed by atoms with Gasteiger partial charge in [0.05, 0.1) is 0 Å². The molecule has 0 radical (unpaired) electrons. The molecule has 3 nitrogen and oxygen atoms in total. The number of rotatable bonds is 6. The number of unbranched alkanes of at least 4 members (excludes halogenated alkanes) is 2. The van der Waals surface area contributed by atoms with Crippen LogP contribution in [0.15, 0.2) is 11.8 Å². The minimum Gasteiger partial charge on any atom is -0.381 e. The average Bonchev–Trinajstić information content (AvgIpc) is 2.14. The van der Waals surface area contributed by atoms with Crippen LogP contribution in [0.3, 0.4) is 0 Å². The van der Waals surface area contributed by atoms with Crippen LogP contribution in [-0.4, -0.2) is 13.9 Å². The fourth-order valence-electron chi connectivity index (χ4n) is 0.972. The van der Waals surface area contributed by atoms with Gasteiger partial charge in [0.1, 0.15) is 5.76 Å². The molecule has 0 aromatic carbocycles. The molecule has 0 amide bonds. The van der Waals surface area contributed by atoms with Crippen LogP contribution < -0.4 is 0 Å². The van der Waals surface area contributed by atoms with Gasteiger partial charge in [0.25, 0.3) is 0 Å². The first-order chi connectivity index (χ1) is 7.24. The molecule has 0 aliphatic heterocycles. The molecule has 96 valence electrons. The smallest absolute Gasteiger partial charge is 0.381 e. The van der Waals surface area contributed by atoms with Crippen molar-refractivity contribution in [1.29, 1.82) is 0 Å². The minimum atomic E-state index is -5.51. The molecular weight excluding hydrogens is 245 g/mol. The Bertz CT molecular complexity index is 330. The zero-order valence-electron chi connectivity index (χ0n) is 9.17. The first kappa shape index (κ1) is 15.3. The van der Waals surface area contributed by atoms with E-state index in [4.69, 9.17) is 0 Å². The van der Waals surface area contributed by atoms with E-state index in [1.165, 1.54) is 13.0 Å². The van der Waals surface area contributed by atoms with Crippen molar-refractivity contribution in [1.82, 2.24) is 0 Å². The lowest BCUT2D eigenvalue weighted by Gasteiger charge is -2.11. The van der Waals surface area contributed by atoms with E-state index in [1.807, 2.05) is 6.92 Å². The van der Waals surface area contributed by atoms with E-state index in [0.717, 1.165) is 12.8 Å². The molecule has 0 aliphatic carbocycles. The molecule has 0 unspecified atom stereocenters. The molecule has 0 aromatic rings. The van der Waals surface area contributed by atoms with Gasteiger partial charge >= 0.3 is 15.6 Å². The van der Waals surface area contributed by atoms with Crippen molar-refractivity contribution in [3.63, 3.8) is 0 Å². The molecular formula is C9H15F3O3S. The molecule has 0 aromatic heterocycles. The van der Waals surface area contributed by atoms with E-state index in [0.29, 0.717) is 6.42 Å². The highest BCUT2D eigenvalue weighted by atomic mass is 32.2. The van der Waals surface area contributed by atoms with E-state index in [9.17, 15) is 21.6 Å². The van der Waals surface area contributed by atoms with Crippen molar-refractivity contribution in [2.24, 2.45) is 0 Å². The number of halogens is 3. The van der Waals surface area contributed by atoms with Crippen LogP contribution in [-0.2, 0) is 14.3 Å². The molecule has 16 heavy (non-hydrogen) atoms. The van der Waals surface area contributed by atoms with E-state index in [1.54, 1.807) is 0 Å². The van der Waals surface area contributed by atoms with Gasteiger partial charge in [-0.2, -0.15) is 21.6 Å².